The SMILES string of the molecule is Cc1nn(C)c(CC(=O)c2ccc3ncccc3c2)c1Cl. The maximum absolute atomic E-state index is 12.5. The van der Waals surface area contributed by atoms with Crippen LogP contribution >= 0.6 is 11.6 Å². The highest BCUT2D eigenvalue weighted by Crippen LogP contribution is 2.22. The van der Waals surface area contributed by atoms with Crippen LogP contribution in [0.3, 0.4) is 0 Å². The van der Waals surface area contributed by atoms with Crippen LogP contribution in [0.2, 0.25) is 5.02 Å². The van der Waals surface area contributed by atoms with Gasteiger partial charge in [-0.05, 0) is 31.2 Å². The van der Waals surface area contributed by atoms with E-state index in [0.717, 1.165) is 22.3 Å². The summed E-state index contributed by atoms with van der Waals surface area (Å²) >= 11 is 6.20. The largest absolute Gasteiger partial charge is 0.294 e. The average molecular weight is 300 g/mol. The van der Waals surface area contributed by atoms with Gasteiger partial charge in [0, 0.05) is 24.2 Å². The maximum Gasteiger partial charge on any atom is 0.168 e. The van der Waals surface area contributed by atoms with E-state index in [1.807, 2.05) is 31.2 Å². The lowest BCUT2D eigenvalue weighted by Crippen LogP contribution is -2.08. The third-order valence-corrected chi connectivity index (χ3v) is 4.01. The Morgan fingerprint density at radius 3 is 2.86 bits per heavy atom. The zero-order chi connectivity index (χ0) is 15.0. The summed E-state index contributed by atoms with van der Waals surface area (Å²) in [7, 11) is 1.80. The second kappa shape index (κ2) is 5.30. The number of rotatable bonds is 3. The molecule has 0 amide bonds. The number of carbonyl (C=O) groups is 1. The quantitative estimate of drug-likeness (QED) is 0.697. The number of pyridine rings is 1. The minimum Gasteiger partial charge on any atom is -0.294 e. The molecule has 0 radical (unpaired) electrons. The second-order valence-electron chi connectivity index (χ2n) is 4.98. The summed E-state index contributed by atoms with van der Waals surface area (Å²) in [5.74, 6) is 0.0191. The van der Waals surface area contributed by atoms with Gasteiger partial charge < -0.3 is 0 Å². The molecule has 5 heteroatoms. The van der Waals surface area contributed by atoms with Crippen LogP contribution in [0, 0.1) is 6.92 Å². The van der Waals surface area contributed by atoms with E-state index in [0.29, 0.717) is 10.6 Å². The van der Waals surface area contributed by atoms with E-state index in [9.17, 15) is 4.79 Å². The van der Waals surface area contributed by atoms with E-state index in [1.54, 1.807) is 24.0 Å². The van der Waals surface area contributed by atoms with Crippen LogP contribution in [-0.2, 0) is 13.5 Å². The molecule has 1 aromatic carbocycles. The summed E-state index contributed by atoms with van der Waals surface area (Å²) < 4.78 is 1.66. The summed E-state index contributed by atoms with van der Waals surface area (Å²) in [5, 5.41) is 5.75. The molecule has 3 rings (SSSR count). The molecule has 0 saturated heterocycles. The van der Waals surface area contributed by atoms with Crippen LogP contribution in [0.5, 0.6) is 0 Å². The monoisotopic (exact) mass is 299 g/mol. The van der Waals surface area contributed by atoms with Crippen molar-refractivity contribution in [2.24, 2.45) is 7.05 Å². The molecule has 0 bridgehead atoms. The fraction of sp³-hybridized carbons (Fsp3) is 0.188. The smallest absolute Gasteiger partial charge is 0.168 e. The van der Waals surface area contributed by atoms with E-state index < -0.39 is 0 Å². The van der Waals surface area contributed by atoms with Gasteiger partial charge in [-0.3, -0.25) is 14.5 Å². The molecule has 21 heavy (non-hydrogen) atoms. The third-order valence-electron chi connectivity index (χ3n) is 3.51. The fourth-order valence-corrected chi connectivity index (χ4v) is 2.60. The van der Waals surface area contributed by atoms with Gasteiger partial charge in [0.25, 0.3) is 0 Å². The van der Waals surface area contributed by atoms with Gasteiger partial charge >= 0.3 is 0 Å². The topological polar surface area (TPSA) is 47.8 Å². The number of aryl methyl sites for hydroxylation is 2. The summed E-state index contributed by atoms with van der Waals surface area (Å²) in [5.41, 5.74) is 3.02. The van der Waals surface area contributed by atoms with E-state index in [1.165, 1.54) is 0 Å². The molecule has 106 valence electrons. The van der Waals surface area contributed by atoms with E-state index in [-0.39, 0.29) is 12.2 Å². The second-order valence-corrected chi connectivity index (χ2v) is 5.36. The molecule has 0 N–H and O–H groups in total. The van der Waals surface area contributed by atoms with Crippen LogP contribution in [0.1, 0.15) is 21.7 Å². The number of benzene rings is 1. The highest BCUT2D eigenvalue weighted by atomic mass is 35.5. The van der Waals surface area contributed by atoms with E-state index >= 15 is 0 Å². The van der Waals surface area contributed by atoms with Crippen molar-refractivity contribution in [1.29, 1.82) is 0 Å². The normalized spacial score (nSPS) is 11.0. The van der Waals surface area contributed by atoms with Crippen molar-refractivity contribution in [3.05, 3.63) is 58.5 Å². The molecule has 0 aliphatic carbocycles. The molecule has 0 aliphatic rings. The summed E-state index contributed by atoms with van der Waals surface area (Å²) in [6, 6.07) is 9.33. The number of fused-ring (bicyclic) bond motifs is 1. The van der Waals surface area contributed by atoms with Gasteiger partial charge in [-0.1, -0.05) is 17.7 Å². The molecule has 0 fully saturated rings. The molecule has 0 spiro atoms. The molecule has 0 unspecified atom stereocenters. The predicted molar refractivity (Wildman–Crippen MR) is 82.7 cm³/mol. The number of carbonyl (C=O) groups excluding carboxylic acids is 1. The first kappa shape index (κ1) is 13.8. The summed E-state index contributed by atoms with van der Waals surface area (Å²) in [6.07, 6.45) is 1.98. The number of hydrogen-bond acceptors (Lipinski definition) is 3. The Kier molecular flexibility index (Phi) is 3.47. The third kappa shape index (κ3) is 2.54. The van der Waals surface area contributed by atoms with E-state index in [2.05, 4.69) is 10.1 Å². The van der Waals surface area contributed by atoms with Gasteiger partial charge in [-0.15, -0.1) is 0 Å². The minimum atomic E-state index is 0.0191. The van der Waals surface area contributed by atoms with Crippen molar-refractivity contribution < 1.29 is 4.79 Å². The van der Waals surface area contributed by atoms with Gasteiger partial charge in [-0.2, -0.15) is 5.10 Å². The standard InChI is InChI=1S/C16H14ClN3O/c1-10-16(17)14(20(2)19-10)9-15(21)12-5-6-13-11(8-12)4-3-7-18-13/h3-8H,9H2,1-2H3. The maximum atomic E-state index is 12.5. The molecule has 2 aromatic heterocycles. The molecule has 3 aromatic rings. The molecule has 0 aliphatic heterocycles. The van der Waals surface area contributed by atoms with Crippen molar-refractivity contribution in [1.82, 2.24) is 14.8 Å². The highest BCUT2D eigenvalue weighted by Gasteiger charge is 2.16. The zero-order valence-electron chi connectivity index (χ0n) is 11.8. The van der Waals surface area contributed by atoms with Crippen LogP contribution in [0.4, 0.5) is 0 Å². The molecule has 4 nitrogen and oxygen atoms in total. The average Bonchev–Trinajstić information content (AvgIpc) is 2.73. The lowest BCUT2D eigenvalue weighted by molar-refractivity contribution is 0.0991. The van der Waals surface area contributed by atoms with Gasteiger partial charge in [0.15, 0.2) is 5.78 Å². The van der Waals surface area contributed by atoms with Gasteiger partial charge in [0.2, 0.25) is 0 Å². The lowest BCUT2D eigenvalue weighted by atomic mass is 10.0. The fourth-order valence-electron chi connectivity index (χ4n) is 2.38. The van der Waals surface area contributed by atoms with E-state index in [4.69, 9.17) is 11.6 Å². The van der Waals surface area contributed by atoms with Crippen molar-refractivity contribution in [2.45, 2.75) is 13.3 Å². The van der Waals surface area contributed by atoms with Crippen LogP contribution in [-0.4, -0.2) is 20.5 Å². The van der Waals surface area contributed by atoms with Gasteiger partial charge in [0.05, 0.1) is 28.3 Å². The first-order valence-electron chi connectivity index (χ1n) is 6.62. The predicted octanol–water partition coefficient (Wildman–Crippen LogP) is 3.36. The minimum absolute atomic E-state index is 0.0191. The van der Waals surface area contributed by atoms with Crippen LogP contribution in [0.15, 0.2) is 36.5 Å². The first-order chi connectivity index (χ1) is 10.1. The number of nitrogens with zero attached hydrogens (tertiary/aromatic N) is 3. The molecule has 2 heterocycles. The summed E-state index contributed by atoms with van der Waals surface area (Å²) in [6.45, 7) is 1.83. The molecule has 0 atom stereocenters. The Morgan fingerprint density at radius 1 is 1.33 bits per heavy atom. The Morgan fingerprint density at radius 2 is 2.14 bits per heavy atom. The molecular formula is C16H14ClN3O. The molecule has 0 saturated carbocycles. The van der Waals surface area contributed by atoms with Crippen molar-refractivity contribution in [3.8, 4) is 0 Å². The van der Waals surface area contributed by atoms with Crippen molar-refractivity contribution >= 4 is 28.3 Å². The molecular weight excluding hydrogens is 286 g/mol. The zero-order valence-corrected chi connectivity index (χ0v) is 12.6. The number of halogens is 1. The van der Waals surface area contributed by atoms with Gasteiger partial charge in [0.1, 0.15) is 0 Å². The Balaban J connectivity index is 1.93. The Bertz CT molecular complexity index is 839. The van der Waals surface area contributed by atoms with Crippen molar-refractivity contribution in [3.63, 3.8) is 0 Å². The van der Waals surface area contributed by atoms with Gasteiger partial charge in [-0.25, -0.2) is 0 Å². The number of ketones is 1. The highest BCUT2D eigenvalue weighted by molar-refractivity contribution is 6.32. The van der Waals surface area contributed by atoms with Crippen molar-refractivity contribution in [2.75, 3.05) is 0 Å². The first-order valence-corrected chi connectivity index (χ1v) is 7.00. The van der Waals surface area contributed by atoms with Crippen LogP contribution < -0.4 is 0 Å². The Hall–Kier alpha value is -2.20. The Labute approximate surface area is 127 Å². The lowest BCUT2D eigenvalue weighted by Gasteiger charge is -2.04. The number of hydrogen-bond donors (Lipinski definition) is 0. The number of Topliss-reactive ketones (excluding diaryl/α,β-unsaturated/α-hetero) is 1. The number of aromatic nitrogens is 3. The summed E-state index contributed by atoms with van der Waals surface area (Å²) in [4.78, 5) is 16.7. The van der Waals surface area contributed by atoms with Crippen LogP contribution in [0.25, 0.3) is 10.9 Å².